The van der Waals surface area contributed by atoms with Gasteiger partial charge >= 0.3 is 0 Å². The number of amides is 2. The van der Waals surface area contributed by atoms with Crippen molar-refractivity contribution in [1.29, 1.82) is 0 Å². The van der Waals surface area contributed by atoms with Gasteiger partial charge in [0.25, 0.3) is 11.8 Å². The molecule has 0 spiro atoms. The van der Waals surface area contributed by atoms with E-state index >= 15 is 0 Å². The van der Waals surface area contributed by atoms with Crippen LogP contribution >= 0.6 is 15.9 Å². The van der Waals surface area contributed by atoms with Crippen molar-refractivity contribution >= 4 is 27.7 Å². The number of benzene rings is 2. The molecule has 2 aromatic rings. The van der Waals surface area contributed by atoms with Gasteiger partial charge in [0.15, 0.2) is 0 Å². The molecule has 4 nitrogen and oxygen atoms in total. The quantitative estimate of drug-likeness (QED) is 0.851. The Balaban J connectivity index is 1.54. The van der Waals surface area contributed by atoms with E-state index in [0.29, 0.717) is 18.7 Å². The SMILES string of the molecule is Cc1ccc(C(=O)N2CCC(NC(=O)c3cccc(Br)c3)CC2)cc1. The Morgan fingerprint density at radius 3 is 2.36 bits per heavy atom. The Bertz CT molecular complexity index is 766. The number of hydrogen-bond acceptors (Lipinski definition) is 2. The Hall–Kier alpha value is -2.14. The van der Waals surface area contributed by atoms with Gasteiger partial charge < -0.3 is 10.2 Å². The number of carbonyl (C=O) groups is 2. The van der Waals surface area contributed by atoms with Gasteiger partial charge in [-0.05, 0) is 50.1 Å². The second kappa shape index (κ2) is 7.83. The van der Waals surface area contributed by atoms with Gasteiger partial charge in [-0.15, -0.1) is 0 Å². The zero-order chi connectivity index (χ0) is 17.8. The smallest absolute Gasteiger partial charge is 0.253 e. The largest absolute Gasteiger partial charge is 0.349 e. The maximum Gasteiger partial charge on any atom is 0.253 e. The Morgan fingerprint density at radius 2 is 1.72 bits per heavy atom. The number of hydrogen-bond donors (Lipinski definition) is 1. The summed E-state index contributed by atoms with van der Waals surface area (Å²) in [5.74, 6) is 0.00128. The minimum absolute atomic E-state index is 0.0652. The van der Waals surface area contributed by atoms with Gasteiger partial charge in [-0.25, -0.2) is 0 Å². The third kappa shape index (κ3) is 4.48. The lowest BCUT2D eigenvalue weighted by molar-refractivity contribution is 0.0698. The van der Waals surface area contributed by atoms with Crippen LogP contribution in [0.3, 0.4) is 0 Å². The van der Waals surface area contributed by atoms with Crippen LogP contribution in [0.25, 0.3) is 0 Å². The lowest BCUT2D eigenvalue weighted by Gasteiger charge is -2.32. The summed E-state index contributed by atoms with van der Waals surface area (Å²) >= 11 is 3.38. The van der Waals surface area contributed by atoms with Gasteiger partial charge in [0.2, 0.25) is 0 Å². The van der Waals surface area contributed by atoms with Crippen molar-refractivity contribution in [3.05, 3.63) is 69.7 Å². The number of carbonyl (C=O) groups excluding carboxylic acids is 2. The minimum atomic E-state index is -0.0652. The van der Waals surface area contributed by atoms with Gasteiger partial charge in [-0.2, -0.15) is 0 Å². The third-order valence-corrected chi connectivity index (χ3v) is 5.00. The first-order chi connectivity index (χ1) is 12.0. The number of aryl methyl sites for hydroxylation is 1. The van der Waals surface area contributed by atoms with E-state index in [1.807, 2.05) is 54.3 Å². The van der Waals surface area contributed by atoms with Crippen molar-refractivity contribution < 1.29 is 9.59 Å². The topological polar surface area (TPSA) is 49.4 Å². The molecule has 5 heteroatoms. The van der Waals surface area contributed by atoms with Gasteiger partial charge in [-0.3, -0.25) is 9.59 Å². The van der Waals surface area contributed by atoms with Crippen LogP contribution in [-0.4, -0.2) is 35.8 Å². The Labute approximate surface area is 156 Å². The fourth-order valence-electron chi connectivity index (χ4n) is 3.00. The highest BCUT2D eigenvalue weighted by molar-refractivity contribution is 9.10. The molecule has 0 unspecified atom stereocenters. The first-order valence-corrected chi connectivity index (χ1v) is 9.24. The highest BCUT2D eigenvalue weighted by atomic mass is 79.9. The molecular formula is C20H21BrN2O2. The summed E-state index contributed by atoms with van der Waals surface area (Å²) in [5, 5.41) is 3.07. The normalized spacial score (nSPS) is 15.0. The average Bonchev–Trinajstić information content (AvgIpc) is 2.62. The van der Waals surface area contributed by atoms with Gasteiger partial charge in [0.1, 0.15) is 0 Å². The molecule has 3 rings (SSSR count). The number of likely N-dealkylation sites (tertiary alicyclic amines) is 1. The molecule has 0 aliphatic carbocycles. The molecule has 2 aromatic carbocycles. The molecule has 1 saturated heterocycles. The number of nitrogens with zero attached hydrogens (tertiary/aromatic N) is 1. The van der Waals surface area contributed by atoms with Crippen LogP contribution in [0.1, 0.15) is 39.1 Å². The van der Waals surface area contributed by atoms with Crippen LogP contribution in [0.4, 0.5) is 0 Å². The summed E-state index contributed by atoms with van der Waals surface area (Å²) < 4.78 is 0.888. The minimum Gasteiger partial charge on any atom is -0.349 e. The zero-order valence-corrected chi connectivity index (χ0v) is 15.8. The van der Waals surface area contributed by atoms with E-state index in [1.165, 1.54) is 0 Å². The summed E-state index contributed by atoms with van der Waals surface area (Å²) in [5.41, 5.74) is 2.51. The summed E-state index contributed by atoms with van der Waals surface area (Å²) in [4.78, 5) is 26.7. The molecule has 0 radical (unpaired) electrons. The summed E-state index contributed by atoms with van der Waals surface area (Å²) in [6, 6.07) is 15.1. The second-order valence-electron chi connectivity index (χ2n) is 6.42. The van der Waals surface area contributed by atoms with E-state index in [1.54, 1.807) is 6.07 Å². The molecule has 0 saturated carbocycles. The second-order valence-corrected chi connectivity index (χ2v) is 7.33. The van der Waals surface area contributed by atoms with E-state index in [0.717, 1.165) is 28.4 Å². The maximum atomic E-state index is 12.5. The van der Waals surface area contributed by atoms with Gasteiger partial charge in [0, 0.05) is 34.7 Å². The van der Waals surface area contributed by atoms with E-state index < -0.39 is 0 Å². The molecule has 1 fully saturated rings. The standard InChI is InChI=1S/C20H21BrN2O2/c1-14-5-7-15(8-6-14)20(25)23-11-9-18(10-12-23)22-19(24)16-3-2-4-17(21)13-16/h2-8,13,18H,9-12H2,1H3,(H,22,24). The number of piperidine rings is 1. The average molecular weight is 401 g/mol. The zero-order valence-electron chi connectivity index (χ0n) is 14.2. The fraction of sp³-hybridized carbons (Fsp3) is 0.300. The van der Waals surface area contributed by atoms with E-state index in [-0.39, 0.29) is 17.9 Å². The molecule has 0 aromatic heterocycles. The number of nitrogens with one attached hydrogen (secondary N) is 1. The lowest BCUT2D eigenvalue weighted by atomic mass is 10.0. The molecule has 0 atom stereocenters. The summed E-state index contributed by atoms with van der Waals surface area (Å²) in [6.45, 7) is 3.33. The third-order valence-electron chi connectivity index (χ3n) is 4.50. The molecular weight excluding hydrogens is 380 g/mol. The molecule has 1 aliphatic heterocycles. The predicted molar refractivity (Wildman–Crippen MR) is 102 cm³/mol. The summed E-state index contributed by atoms with van der Waals surface area (Å²) in [7, 11) is 0. The Kier molecular flexibility index (Phi) is 5.53. The van der Waals surface area contributed by atoms with Crippen molar-refractivity contribution in [2.45, 2.75) is 25.8 Å². The van der Waals surface area contributed by atoms with Crippen molar-refractivity contribution in [1.82, 2.24) is 10.2 Å². The molecule has 130 valence electrons. The van der Waals surface area contributed by atoms with E-state index in [4.69, 9.17) is 0 Å². The highest BCUT2D eigenvalue weighted by Crippen LogP contribution is 2.16. The molecule has 2 amide bonds. The lowest BCUT2D eigenvalue weighted by Crippen LogP contribution is -2.46. The summed E-state index contributed by atoms with van der Waals surface area (Å²) in [6.07, 6.45) is 1.55. The molecule has 1 heterocycles. The monoisotopic (exact) mass is 400 g/mol. The first-order valence-electron chi connectivity index (χ1n) is 8.45. The van der Waals surface area contributed by atoms with Gasteiger partial charge in [0.05, 0.1) is 0 Å². The van der Waals surface area contributed by atoms with Crippen molar-refractivity contribution in [3.63, 3.8) is 0 Å². The maximum absolute atomic E-state index is 12.5. The van der Waals surface area contributed by atoms with E-state index in [2.05, 4.69) is 21.2 Å². The van der Waals surface area contributed by atoms with Crippen molar-refractivity contribution in [3.8, 4) is 0 Å². The van der Waals surface area contributed by atoms with Crippen LogP contribution in [0.5, 0.6) is 0 Å². The number of halogens is 1. The molecule has 1 aliphatic rings. The Morgan fingerprint density at radius 1 is 1.04 bits per heavy atom. The van der Waals surface area contributed by atoms with Crippen LogP contribution in [-0.2, 0) is 0 Å². The van der Waals surface area contributed by atoms with E-state index in [9.17, 15) is 9.59 Å². The molecule has 0 bridgehead atoms. The molecule has 1 N–H and O–H groups in total. The first kappa shape index (κ1) is 17.7. The van der Waals surface area contributed by atoms with Crippen LogP contribution in [0.2, 0.25) is 0 Å². The van der Waals surface area contributed by atoms with Crippen LogP contribution in [0, 0.1) is 6.92 Å². The van der Waals surface area contributed by atoms with Crippen molar-refractivity contribution in [2.75, 3.05) is 13.1 Å². The van der Waals surface area contributed by atoms with Crippen LogP contribution in [0.15, 0.2) is 53.0 Å². The van der Waals surface area contributed by atoms with Crippen molar-refractivity contribution in [2.24, 2.45) is 0 Å². The highest BCUT2D eigenvalue weighted by Gasteiger charge is 2.24. The molecule has 25 heavy (non-hydrogen) atoms. The fourth-order valence-corrected chi connectivity index (χ4v) is 3.40. The van der Waals surface area contributed by atoms with Gasteiger partial charge in [-0.1, -0.05) is 39.7 Å². The van der Waals surface area contributed by atoms with Crippen LogP contribution < -0.4 is 5.32 Å². The predicted octanol–water partition coefficient (Wildman–Crippen LogP) is 3.79. The number of rotatable bonds is 3.